The van der Waals surface area contributed by atoms with E-state index >= 15 is 0 Å². The van der Waals surface area contributed by atoms with Gasteiger partial charge in [0, 0.05) is 10.9 Å². The highest BCUT2D eigenvalue weighted by Crippen LogP contribution is 2.32. The highest BCUT2D eigenvalue weighted by Gasteiger charge is 2.22. The predicted octanol–water partition coefficient (Wildman–Crippen LogP) is 3.07. The third-order valence-corrected chi connectivity index (χ3v) is 3.51. The van der Waals surface area contributed by atoms with E-state index in [1.807, 2.05) is 31.2 Å². The second-order valence-electron chi connectivity index (χ2n) is 4.78. The van der Waals surface area contributed by atoms with Gasteiger partial charge in [-0.1, -0.05) is 25.1 Å². The normalized spacial score (nSPS) is 13.1. The van der Waals surface area contributed by atoms with Crippen molar-refractivity contribution in [3.05, 3.63) is 35.6 Å². The number of hydrogen-bond donors (Lipinski definition) is 1. The van der Waals surface area contributed by atoms with E-state index in [1.165, 1.54) is 5.56 Å². The maximum absolute atomic E-state index is 10.8. The summed E-state index contributed by atoms with van der Waals surface area (Å²) in [6.45, 7) is 4.06. The van der Waals surface area contributed by atoms with Crippen LogP contribution in [0.4, 0.5) is 0 Å². The molecule has 0 fully saturated rings. The monoisotopic (exact) mass is 261 g/mol. The van der Waals surface area contributed by atoms with Gasteiger partial charge in [-0.3, -0.25) is 9.69 Å². The molecule has 0 bridgehead atoms. The lowest BCUT2D eigenvalue weighted by atomic mass is 10.0. The van der Waals surface area contributed by atoms with E-state index in [-0.39, 0.29) is 12.6 Å². The minimum Gasteiger partial charge on any atom is -0.480 e. The first kappa shape index (κ1) is 13.6. The average molecular weight is 261 g/mol. The summed E-state index contributed by atoms with van der Waals surface area (Å²) >= 11 is 0. The number of rotatable bonds is 5. The minimum absolute atomic E-state index is 0.00136. The molecule has 1 unspecified atom stereocenters. The van der Waals surface area contributed by atoms with Gasteiger partial charge in [-0.15, -0.1) is 0 Å². The van der Waals surface area contributed by atoms with Gasteiger partial charge in [-0.05, 0) is 26.5 Å². The predicted molar refractivity (Wildman–Crippen MR) is 74.3 cm³/mol. The van der Waals surface area contributed by atoms with Crippen molar-refractivity contribution in [1.82, 2.24) is 4.90 Å². The van der Waals surface area contributed by atoms with Gasteiger partial charge in [0.15, 0.2) is 0 Å². The van der Waals surface area contributed by atoms with Gasteiger partial charge in [-0.2, -0.15) is 0 Å². The Morgan fingerprint density at radius 1 is 1.42 bits per heavy atom. The number of fused-ring (bicyclic) bond motifs is 1. The van der Waals surface area contributed by atoms with E-state index in [2.05, 4.69) is 6.92 Å². The summed E-state index contributed by atoms with van der Waals surface area (Å²) in [7, 11) is 1.80. The largest absolute Gasteiger partial charge is 0.480 e. The number of hydrogen-bond acceptors (Lipinski definition) is 3. The minimum atomic E-state index is -0.830. The zero-order chi connectivity index (χ0) is 14.0. The number of carboxylic acids is 1. The van der Waals surface area contributed by atoms with Crippen LogP contribution in [-0.2, 0) is 11.2 Å². The van der Waals surface area contributed by atoms with Crippen LogP contribution in [-0.4, -0.2) is 29.6 Å². The van der Waals surface area contributed by atoms with Gasteiger partial charge in [0.05, 0.1) is 12.6 Å². The molecule has 4 nitrogen and oxygen atoms in total. The third kappa shape index (κ3) is 2.63. The smallest absolute Gasteiger partial charge is 0.317 e. The molecule has 2 rings (SSSR count). The van der Waals surface area contributed by atoms with Crippen LogP contribution in [0.2, 0.25) is 0 Å². The van der Waals surface area contributed by atoms with Crippen molar-refractivity contribution in [3.63, 3.8) is 0 Å². The van der Waals surface area contributed by atoms with E-state index in [1.54, 1.807) is 11.9 Å². The number of carbonyl (C=O) groups is 1. The van der Waals surface area contributed by atoms with Crippen LogP contribution in [0, 0.1) is 0 Å². The first-order valence-corrected chi connectivity index (χ1v) is 6.47. The molecule has 19 heavy (non-hydrogen) atoms. The molecule has 102 valence electrons. The van der Waals surface area contributed by atoms with Crippen molar-refractivity contribution in [2.45, 2.75) is 26.3 Å². The van der Waals surface area contributed by atoms with E-state index in [0.717, 1.165) is 23.2 Å². The van der Waals surface area contributed by atoms with Crippen LogP contribution in [0.15, 0.2) is 28.7 Å². The molecule has 2 aromatic rings. The Kier molecular flexibility index (Phi) is 3.90. The highest BCUT2D eigenvalue weighted by molar-refractivity contribution is 5.82. The molecule has 1 atom stereocenters. The molecule has 1 N–H and O–H groups in total. The second-order valence-corrected chi connectivity index (χ2v) is 4.78. The Hall–Kier alpha value is -1.81. The molecule has 0 spiro atoms. The number of nitrogens with zero attached hydrogens (tertiary/aromatic N) is 1. The molecule has 0 saturated carbocycles. The molecule has 0 aliphatic rings. The summed E-state index contributed by atoms with van der Waals surface area (Å²) in [5, 5.41) is 9.99. The molecule has 0 saturated heterocycles. The van der Waals surface area contributed by atoms with Crippen LogP contribution in [0.25, 0.3) is 11.0 Å². The Balaban J connectivity index is 2.41. The fourth-order valence-electron chi connectivity index (χ4n) is 2.37. The fraction of sp³-hybridized carbons (Fsp3) is 0.400. The highest BCUT2D eigenvalue weighted by atomic mass is 16.4. The molecule has 1 aromatic carbocycles. The lowest BCUT2D eigenvalue weighted by Crippen LogP contribution is -2.28. The Labute approximate surface area is 112 Å². The number of furan rings is 1. The molecular formula is C15H19NO3. The van der Waals surface area contributed by atoms with E-state index in [0.29, 0.717) is 0 Å². The SMILES string of the molecule is CCc1c(C(C)N(C)CC(=O)O)oc2ccccc12. The van der Waals surface area contributed by atoms with Crippen molar-refractivity contribution in [3.8, 4) is 0 Å². The summed E-state index contributed by atoms with van der Waals surface area (Å²) in [5.41, 5.74) is 2.03. The number of para-hydroxylation sites is 1. The van der Waals surface area contributed by atoms with E-state index in [9.17, 15) is 4.79 Å². The summed E-state index contributed by atoms with van der Waals surface area (Å²) < 4.78 is 5.92. The first-order valence-electron chi connectivity index (χ1n) is 6.47. The molecular weight excluding hydrogens is 242 g/mol. The summed E-state index contributed by atoms with van der Waals surface area (Å²) in [4.78, 5) is 12.6. The molecule has 4 heteroatoms. The van der Waals surface area contributed by atoms with Crippen LogP contribution >= 0.6 is 0 Å². The Morgan fingerprint density at radius 3 is 2.74 bits per heavy atom. The van der Waals surface area contributed by atoms with Gasteiger partial charge >= 0.3 is 5.97 Å². The van der Waals surface area contributed by atoms with Gasteiger partial charge in [-0.25, -0.2) is 0 Å². The van der Waals surface area contributed by atoms with Crippen LogP contribution in [0.1, 0.15) is 31.2 Å². The van der Waals surface area contributed by atoms with E-state index < -0.39 is 5.97 Å². The first-order chi connectivity index (χ1) is 9.04. The van der Waals surface area contributed by atoms with Crippen molar-refractivity contribution < 1.29 is 14.3 Å². The molecule has 0 aliphatic carbocycles. The quantitative estimate of drug-likeness (QED) is 0.898. The Bertz CT molecular complexity index is 588. The number of likely N-dealkylation sites (N-methyl/N-ethyl adjacent to an activating group) is 1. The fourth-order valence-corrected chi connectivity index (χ4v) is 2.37. The van der Waals surface area contributed by atoms with Crippen LogP contribution in [0.5, 0.6) is 0 Å². The van der Waals surface area contributed by atoms with Crippen molar-refractivity contribution >= 4 is 16.9 Å². The Morgan fingerprint density at radius 2 is 2.11 bits per heavy atom. The molecule has 1 heterocycles. The topological polar surface area (TPSA) is 53.7 Å². The maximum Gasteiger partial charge on any atom is 0.317 e. The summed E-state index contributed by atoms with van der Waals surface area (Å²) in [6, 6.07) is 7.87. The molecule has 0 radical (unpaired) electrons. The molecule has 0 aliphatic heterocycles. The zero-order valence-electron chi connectivity index (χ0n) is 11.5. The number of aliphatic carboxylic acids is 1. The number of benzene rings is 1. The van der Waals surface area contributed by atoms with Crippen molar-refractivity contribution in [1.29, 1.82) is 0 Å². The lowest BCUT2D eigenvalue weighted by Gasteiger charge is -2.21. The maximum atomic E-state index is 10.8. The number of carboxylic acid groups (broad SMARTS) is 1. The standard InChI is InChI=1S/C15H19NO3/c1-4-11-12-7-5-6-8-13(12)19-15(11)10(2)16(3)9-14(17)18/h5-8,10H,4,9H2,1-3H3,(H,17,18). The zero-order valence-corrected chi connectivity index (χ0v) is 11.5. The van der Waals surface area contributed by atoms with Crippen LogP contribution in [0.3, 0.4) is 0 Å². The van der Waals surface area contributed by atoms with Crippen molar-refractivity contribution in [2.24, 2.45) is 0 Å². The van der Waals surface area contributed by atoms with E-state index in [4.69, 9.17) is 9.52 Å². The third-order valence-electron chi connectivity index (χ3n) is 3.51. The van der Waals surface area contributed by atoms with Gasteiger partial charge in [0.1, 0.15) is 11.3 Å². The second kappa shape index (κ2) is 5.45. The van der Waals surface area contributed by atoms with Gasteiger partial charge in [0.25, 0.3) is 0 Å². The van der Waals surface area contributed by atoms with Crippen molar-refractivity contribution in [2.75, 3.05) is 13.6 Å². The number of aryl methyl sites for hydroxylation is 1. The average Bonchev–Trinajstić information content (AvgIpc) is 2.75. The molecule has 0 amide bonds. The summed E-state index contributed by atoms with van der Waals surface area (Å²) in [6.07, 6.45) is 0.873. The van der Waals surface area contributed by atoms with Gasteiger partial charge < -0.3 is 9.52 Å². The van der Waals surface area contributed by atoms with Crippen LogP contribution < -0.4 is 0 Å². The lowest BCUT2D eigenvalue weighted by molar-refractivity contribution is -0.138. The van der Waals surface area contributed by atoms with Gasteiger partial charge in [0.2, 0.25) is 0 Å². The summed E-state index contributed by atoms with van der Waals surface area (Å²) in [5.74, 6) is 0.0379. The molecule has 1 aromatic heterocycles.